The highest BCUT2D eigenvalue weighted by Gasteiger charge is 2.32. The molecule has 1 atom stereocenters. The molecule has 0 aliphatic heterocycles. The average molecular weight is 249 g/mol. The molecule has 18 heavy (non-hydrogen) atoms. The number of aryl methyl sites for hydroxylation is 1. The predicted octanol–water partition coefficient (Wildman–Crippen LogP) is 3.27. The first-order chi connectivity index (χ1) is 8.38. The molecule has 2 N–H and O–H groups in total. The average Bonchev–Trinajstić information content (AvgIpc) is 2.74. The van der Waals surface area contributed by atoms with E-state index in [0.29, 0.717) is 11.3 Å². The summed E-state index contributed by atoms with van der Waals surface area (Å²) in [5.41, 5.74) is 8.02. The Bertz CT molecular complexity index is 381. The molecule has 3 nitrogen and oxygen atoms in total. The topological polar surface area (TPSA) is 43.8 Å². The lowest BCUT2D eigenvalue weighted by molar-refractivity contribution is 0.139. The molecular formula is C15H27N3. The fraction of sp³-hybridized carbons (Fsp3) is 0.800. The first-order valence-corrected chi connectivity index (χ1v) is 7.12. The number of rotatable bonds is 2. The molecule has 1 fully saturated rings. The highest BCUT2D eigenvalue weighted by atomic mass is 15.2. The smallest absolute Gasteiger partial charge is 0.0537 e. The number of hydrogen-bond acceptors (Lipinski definition) is 2. The van der Waals surface area contributed by atoms with Gasteiger partial charge in [0.25, 0.3) is 0 Å². The van der Waals surface area contributed by atoms with Crippen molar-refractivity contribution >= 4 is 0 Å². The Labute approximate surface area is 111 Å². The minimum atomic E-state index is 0.166. The summed E-state index contributed by atoms with van der Waals surface area (Å²) in [5.74, 6) is 1.49. The van der Waals surface area contributed by atoms with Crippen LogP contribution in [0.5, 0.6) is 0 Å². The number of nitrogens with two attached hydrogens (primary N) is 1. The predicted molar refractivity (Wildman–Crippen MR) is 75.0 cm³/mol. The van der Waals surface area contributed by atoms with Crippen molar-refractivity contribution in [2.75, 3.05) is 0 Å². The van der Waals surface area contributed by atoms with Crippen LogP contribution in [-0.4, -0.2) is 9.78 Å². The second kappa shape index (κ2) is 5.04. The summed E-state index contributed by atoms with van der Waals surface area (Å²) in [6.45, 7) is 7.08. The molecule has 3 heteroatoms. The lowest BCUT2D eigenvalue weighted by Gasteiger charge is -2.38. The minimum Gasteiger partial charge on any atom is -0.324 e. The summed E-state index contributed by atoms with van der Waals surface area (Å²) < 4.78 is 1.84. The van der Waals surface area contributed by atoms with E-state index in [-0.39, 0.29) is 6.04 Å². The first kappa shape index (κ1) is 13.6. The molecule has 0 radical (unpaired) electrons. The van der Waals surface area contributed by atoms with Gasteiger partial charge in [0.2, 0.25) is 0 Å². The third kappa shape index (κ3) is 2.94. The SMILES string of the molecule is Cn1cc(C(N)C2CCC(C(C)(C)C)CC2)cn1. The van der Waals surface area contributed by atoms with E-state index < -0.39 is 0 Å². The third-order valence-electron chi connectivity index (χ3n) is 4.61. The normalized spacial score (nSPS) is 27.2. The summed E-state index contributed by atoms with van der Waals surface area (Å²) >= 11 is 0. The Hall–Kier alpha value is -0.830. The van der Waals surface area contributed by atoms with Gasteiger partial charge in [-0.25, -0.2) is 0 Å². The Kier molecular flexibility index (Phi) is 3.81. The third-order valence-corrected chi connectivity index (χ3v) is 4.61. The fourth-order valence-electron chi connectivity index (χ4n) is 3.23. The maximum absolute atomic E-state index is 6.38. The molecule has 0 bridgehead atoms. The van der Waals surface area contributed by atoms with Crippen LogP contribution in [0, 0.1) is 17.3 Å². The molecule has 102 valence electrons. The number of aromatic nitrogens is 2. The molecule has 1 heterocycles. The van der Waals surface area contributed by atoms with Crippen molar-refractivity contribution in [2.24, 2.45) is 30.0 Å². The van der Waals surface area contributed by atoms with Crippen LogP contribution in [0.3, 0.4) is 0 Å². The molecule has 0 amide bonds. The van der Waals surface area contributed by atoms with E-state index in [0.717, 1.165) is 5.92 Å². The van der Waals surface area contributed by atoms with Crippen LogP contribution in [0.25, 0.3) is 0 Å². The van der Waals surface area contributed by atoms with Gasteiger partial charge in [-0.15, -0.1) is 0 Å². The van der Waals surface area contributed by atoms with Gasteiger partial charge >= 0.3 is 0 Å². The molecule has 1 aliphatic rings. The van der Waals surface area contributed by atoms with E-state index in [4.69, 9.17) is 5.73 Å². The molecule has 1 aromatic heterocycles. The van der Waals surface area contributed by atoms with Gasteiger partial charge in [-0.3, -0.25) is 4.68 Å². The van der Waals surface area contributed by atoms with Crippen molar-refractivity contribution in [3.63, 3.8) is 0 Å². The van der Waals surface area contributed by atoms with Gasteiger partial charge in [0.05, 0.1) is 6.20 Å². The van der Waals surface area contributed by atoms with Crippen molar-refractivity contribution in [1.29, 1.82) is 0 Å². The zero-order valence-electron chi connectivity index (χ0n) is 12.2. The van der Waals surface area contributed by atoms with Crippen LogP contribution in [-0.2, 0) is 7.05 Å². The first-order valence-electron chi connectivity index (χ1n) is 7.12. The second-order valence-corrected chi connectivity index (χ2v) is 6.95. The lowest BCUT2D eigenvalue weighted by Crippen LogP contribution is -2.30. The van der Waals surface area contributed by atoms with Crippen LogP contribution in [0.15, 0.2) is 12.4 Å². The van der Waals surface area contributed by atoms with E-state index in [9.17, 15) is 0 Å². The Morgan fingerprint density at radius 3 is 2.33 bits per heavy atom. The van der Waals surface area contributed by atoms with Crippen molar-refractivity contribution in [1.82, 2.24) is 9.78 Å². The molecule has 0 spiro atoms. The summed E-state index contributed by atoms with van der Waals surface area (Å²) in [4.78, 5) is 0. The van der Waals surface area contributed by atoms with Crippen LogP contribution in [0.4, 0.5) is 0 Å². The van der Waals surface area contributed by atoms with E-state index in [2.05, 4.69) is 32.1 Å². The van der Waals surface area contributed by atoms with Crippen LogP contribution >= 0.6 is 0 Å². The van der Waals surface area contributed by atoms with E-state index in [1.54, 1.807) is 0 Å². The summed E-state index contributed by atoms with van der Waals surface area (Å²) in [6, 6.07) is 0.166. The van der Waals surface area contributed by atoms with Crippen LogP contribution in [0.2, 0.25) is 0 Å². The molecule has 1 saturated carbocycles. The molecule has 2 rings (SSSR count). The Balaban J connectivity index is 1.94. The van der Waals surface area contributed by atoms with Gasteiger partial charge < -0.3 is 5.73 Å². The molecule has 0 aromatic carbocycles. The fourth-order valence-corrected chi connectivity index (χ4v) is 3.23. The molecule has 1 aliphatic carbocycles. The van der Waals surface area contributed by atoms with Crippen molar-refractivity contribution in [2.45, 2.75) is 52.5 Å². The summed E-state index contributed by atoms with van der Waals surface area (Å²) in [5, 5.41) is 4.22. The van der Waals surface area contributed by atoms with Gasteiger partial charge in [0, 0.05) is 24.8 Å². The quantitative estimate of drug-likeness (QED) is 0.874. The zero-order valence-corrected chi connectivity index (χ0v) is 12.2. The van der Waals surface area contributed by atoms with E-state index in [1.165, 1.54) is 31.2 Å². The van der Waals surface area contributed by atoms with Crippen molar-refractivity contribution in [3.8, 4) is 0 Å². The summed E-state index contributed by atoms with van der Waals surface area (Å²) in [7, 11) is 1.95. The van der Waals surface area contributed by atoms with Crippen LogP contribution in [0.1, 0.15) is 58.1 Å². The number of nitrogens with zero attached hydrogens (tertiary/aromatic N) is 2. The second-order valence-electron chi connectivity index (χ2n) is 6.95. The largest absolute Gasteiger partial charge is 0.324 e. The maximum atomic E-state index is 6.38. The highest BCUT2D eigenvalue weighted by molar-refractivity contribution is 5.11. The van der Waals surface area contributed by atoms with Gasteiger partial charge in [0.1, 0.15) is 0 Å². The molecule has 0 saturated heterocycles. The van der Waals surface area contributed by atoms with Crippen molar-refractivity contribution in [3.05, 3.63) is 18.0 Å². The maximum Gasteiger partial charge on any atom is 0.0537 e. The van der Waals surface area contributed by atoms with Gasteiger partial charge in [0.15, 0.2) is 0 Å². The molecule has 1 unspecified atom stereocenters. The summed E-state index contributed by atoms with van der Waals surface area (Å²) in [6.07, 6.45) is 9.14. The van der Waals surface area contributed by atoms with Gasteiger partial charge in [-0.1, -0.05) is 20.8 Å². The molecule has 1 aromatic rings. The number of hydrogen-bond donors (Lipinski definition) is 1. The Morgan fingerprint density at radius 1 is 1.28 bits per heavy atom. The van der Waals surface area contributed by atoms with Gasteiger partial charge in [-0.2, -0.15) is 5.10 Å². The van der Waals surface area contributed by atoms with E-state index >= 15 is 0 Å². The highest BCUT2D eigenvalue weighted by Crippen LogP contribution is 2.42. The monoisotopic (exact) mass is 249 g/mol. The van der Waals surface area contributed by atoms with Crippen LogP contribution < -0.4 is 5.73 Å². The van der Waals surface area contributed by atoms with Gasteiger partial charge in [-0.05, 0) is 42.9 Å². The Morgan fingerprint density at radius 2 is 1.89 bits per heavy atom. The standard InChI is InChI=1S/C15H27N3/c1-15(2,3)13-7-5-11(6-8-13)14(16)12-9-17-18(4)10-12/h9-11,13-14H,5-8,16H2,1-4H3. The lowest BCUT2D eigenvalue weighted by atomic mass is 9.68. The zero-order chi connectivity index (χ0) is 13.3. The van der Waals surface area contributed by atoms with Crippen molar-refractivity contribution < 1.29 is 0 Å². The molecular weight excluding hydrogens is 222 g/mol. The van der Waals surface area contributed by atoms with E-state index in [1.807, 2.05) is 17.9 Å². The minimum absolute atomic E-state index is 0.166.